The van der Waals surface area contributed by atoms with Gasteiger partial charge in [0.05, 0.1) is 6.61 Å². The fraction of sp³-hybridized carbons (Fsp3) is 0.500. The van der Waals surface area contributed by atoms with Gasteiger partial charge in [0, 0.05) is 18.0 Å². The first-order chi connectivity index (χ1) is 7.63. The number of nitrogens with zero attached hydrogens (tertiary/aromatic N) is 1. The number of hydrogen-bond acceptors (Lipinski definition) is 3. The van der Waals surface area contributed by atoms with E-state index in [1.54, 1.807) is 31.5 Å². The van der Waals surface area contributed by atoms with E-state index in [0.29, 0.717) is 18.1 Å². The molecule has 1 N–H and O–H groups in total. The van der Waals surface area contributed by atoms with Crippen LogP contribution in [0.1, 0.15) is 25.3 Å². The third kappa shape index (κ3) is 2.22. The molecule has 1 unspecified atom stereocenters. The Hall–Kier alpha value is -1.42. The Balaban J connectivity index is 2.16. The van der Waals surface area contributed by atoms with Crippen molar-refractivity contribution in [1.82, 2.24) is 4.98 Å². The van der Waals surface area contributed by atoms with Crippen molar-refractivity contribution >= 4 is 5.97 Å². The molecule has 0 saturated heterocycles. The third-order valence-corrected chi connectivity index (χ3v) is 2.93. The standard InChI is InChI=1S/C12H15NO3/c1-12(11(14)15,16-8-9-4-5-9)10-3-2-6-13-7-10/h2-3,6-7,9H,4-5,8H2,1H3,(H,14,15). The van der Waals surface area contributed by atoms with Crippen molar-refractivity contribution in [3.05, 3.63) is 30.1 Å². The van der Waals surface area contributed by atoms with Crippen LogP contribution in [0.2, 0.25) is 0 Å². The van der Waals surface area contributed by atoms with Gasteiger partial charge in [-0.05, 0) is 31.7 Å². The number of pyridine rings is 1. The summed E-state index contributed by atoms with van der Waals surface area (Å²) in [6.45, 7) is 2.09. The zero-order chi connectivity index (χ0) is 11.6. The van der Waals surface area contributed by atoms with Crippen LogP contribution in [-0.4, -0.2) is 22.7 Å². The fourth-order valence-corrected chi connectivity index (χ4v) is 1.48. The highest BCUT2D eigenvalue weighted by Crippen LogP contribution is 2.33. The molecule has 1 atom stereocenters. The molecule has 1 aliphatic carbocycles. The van der Waals surface area contributed by atoms with Gasteiger partial charge in [-0.25, -0.2) is 4.79 Å². The first-order valence-electron chi connectivity index (χ1n) is 5.41. The highest BCUT2D eigenvalue weighted by molar-refractivity contribution is 5.78. The number of hydrogen-bond donors (Lipinski definition) is 1. The average Bonchev–Trinajstić information content (AvgIpc) is 3.10. The zero-order valence-corrected chi connectivity index (χ0v) is 9.22. The van der Waals surface area contributed by atoms with E-state index in [-0.39, 0.29) is 0 Å². The number of aliphatic carboxylic acids is 1. The summed E-state index contributed by atoms with van der Waals surface area (Å²) in [6.07, 6.45) is 5.44. The quantitative estimate of drug-likeness (QED) is 0.823. The van der Waals surface area contributed by atoms with Gasteiger partial charge >= 0.3 is 5.97 Å². The van der Waals surface area contributed by atoms with E-state index in [4.69, 9.17) is 4.74 Å². The summed E-state index contributed by atoms with van der Waals surface area (Å²) in [5.41, 5.74) is -0.695. The molecule has 1 aromatic heterocycles. The molecule has 2 rings (SSSR count). The Labute approximate surface area is 94.3 Å². The highest BCUT2D eigenvalue weighted by Gasteiger charge is 2.38. The summed E-state index contributed by atoms with van der Waals surface area (Å²) in [4.78, 5) is 15.2. The number of rotatable bonds is 5. The average molecular weight is 221 g/mol. The van der Waals surface area contributed by atoms with Gasteiger partial charge in [0.1, 0.15) is 0 Å². The van der Waals surface area contributed by atoms with Gasteiger partial charge in [0.2, 0.25) is 0 Å². The van der Waals surface area contributed by atoms with Gasteiger partial charge in [-0.2, -0.15) is 0 Å². The second-order valence-corrected chi connectivity index (χ2v) is 4.33. The van der Waals surface area contributed by atoms with Crippen LogP contribution in [0.3, 0.4) is 0 Å². The van der Waals surface area contributed by atoms with Crippen LogP contribution in [0.25, 0.3) is 0 Å². The third-order valence-electron chi connectivity index (χ3n) is 2.93. The largest absolute Gasteiger partial charge is 0.479 e. The molecule has 4 nitrogen and oxygen atoms in total. The fourth-order valence-electron chi connectivity index (χ4n) is 1.48. The van der Waals surface area contributed by atoms with Gasteiger partial charge < -0.3 is 9.84 Å². The van der Waals surface area contributed by atoms with Crippen LogP contribution in [0, 0.1) is 5.92 Å². The maximum Gasteiger partial charge on any atom is 0.340 e. The minimum atomic E-state index is -1.28. The van der Waals surface area contributed by atoms with Gasteiger partial charge in [-0.3, -0.25) is 4.98 Å². The van der Waals surface area contributed by atoms with E-state index in [0.717, 1.165) is 12.8 Å². The van der Waals surface area contributed by atoms with E-state index in [9.17, 15) is 9.90 Å². The van der Waals surface area contributed by atoms with Crippen LogP contribution < -0.4 is 0 Å². The summed E-state index contributed by atoms with van der Waals surface area (Å²) in [7, 11) is 0. The van der Waals surface area contributed by atoms with E-state index in [1.165, 1.54) is 0 Å². The van der Waals surface area contributed by atoms with Crippen LogP contribution in [-0.2, 0) is 15.1 Å². The minimum absolute atomic E-state index is 0.512. The molecule has 1 aromatic rings. The second kappa shape index (κ2) is 4.22. The lowest BCUT2D eigenvalue weighted by molar-refractivity contribution is -0.166. The molecule has 0 aromatic carbocycles. The van der Waals surface area contributed by atoms with Crippen molar-refractivity contribution in [2.24, 2.45) is 5.92 Å². The predicted molar refractivity (Wildman–Crippen MR) is 57.9 cm³/mol. The van der Waals surface area contributed by atoms with Crippen LogP contribution in [0.4, 0.5) is 0 Å². The number of carbonyl (C=O) groups is 1. The molecular formula is C12H15NO3. The number of ether oxygens (including phenoxy) is 1. The first kappa shape index (κ1) is 11.1. The summed E-state index contributed by atoms with van der Waals surface area (Å²) >= 11 is 0. The van der Waals surface area contributed by atoms with Crippen molar-refractivity contribution in [3.63, 3.8) is 0 Å². The van der Waals surface area contributed by atoms with E-state index < -0.39 is 11.6 Å². The molecule has 16 heavy (non-hydrogen) atoms. The SMILES string of the molecule is CC(OCC1CC1)(C(=O)O)c1cccnc1. The first-order valence-corrected chi connectivity index (χ1v) is 5.41. The Morgan fingerprint density at radius 1 is 1.69 bits per heavy atom. The predicted octanol–water partition coefficient (Wildman–Crippen LogP) is 1.81. The van der Waals surface area contributed by atoms with E-state index in [1.807, 2.05) is 0 Å². The molecule has 4 heteroatoms. The molecule has 0 aliphatic heterocycles. The van der Waals surface area contributed by atoms with Gasteiger partial charge in [-0.15, -0.1) is 0 Å². The summed E-state index contributed by atoms with van der Waals surface area (Å²) in [5, 5.41) is 9.27. The maximum absolute atomic E-state index is 11.3. The van der Waals surface area contributed by atoms with Crippen LogP contribution >= 0.6 is 0 Å². The van der Waals surface area contributed by atoms with Crippen molar-refractivity contribution in [2.75, 3.05) is 6.61 Å². The second-order valence-electron chi connectivity index (χ2n) is 4.33. The highest BCUT2D eigenvalue weighted by atomic mass is 16.5. The van der Waals surface area contributed by atoms with Gasteiger partial charge in [0.25, 0.3) is 0 Å². The van der Waals surface area contributed by atoms with Crippen LogP contribution in [0.15, 0.2) is 24.5 Å². The molecule has 86 valence electrons. The lowest BCUT2D eigenvalue weighted by atomic mass is 9.98. The van der Waals surface area contributed by atoms with Crippen molar-refractivity contribution < 1.29 is 14.6 Å². The summed E-state index contributed by atoms with van der Waals surface area (Å²) in [6, 6.07) is 3.45. The summed E-state index contributed by atoms with van der Waals surface area (Å²) in [5.74, 6) is -0.434. The molecule has 0 amide bonds. The Morgan fingerprint density at radius 2 is 2.44 bits per heavy atom. The van der Waals surface area contributed by atoms with Crippen molar-refractivity contribution in [2.45, 2.75) is 25.4 Å². The molecule has 0 bridgehead atoms. The molecule has 0 spiro atoms. The van der Waals surface area contributed by atoms with Gasteiger partial charge in [-0.1, -0.05) is 6.07 Å². The maximum atomic E-state index is 11.3. The molecule has 1 heterocycles. The monoisotopic (exact) mass is 221 g/mol. The molecule has 0 radical (unpaired) electrons. The van der Waals surface area contributed by atoms with E-state index >= 15 is 0 Å². The Bertz CT molecular complexity index is 375. The van der Waals surface area contributed by atoms with Gasteiger partial charge in [0.15, 0.2) is 5.60 Å². The van der Waals surface area contributed by atoms with E-state index in [2.05, 4.69) is 4.98 Å². The molecule has 1 aliphatic rings. The van der Waals surface area contributed by atoms with Crippen LogP contribution in [0.5, 0.6) is 0 Å². The molecule has 1 saturated carbocycles. The Kier molecular flexibility index (Phi) is 2.92. The van der Waals surface area contributed by atoms with Crippen molar-refractivity contribution in [1.29, 1.82) is 0 Å². The summed E-state index contributed by atoms with van der Waals surface area (Å²) < 4.78 is 5.56. The molecular weight excluding hydrogens is 206 g/mol. The number of aromatic nitrogens is 1. The lowest BCUT2D eigenvalue weighted by Crippen LogP contribution is -2.36. The smallest absolute Gasteiger partial charge is 0.340 e. The lowest BCUT2D eigenvalue weighted by Gasteiger charge is -2.25. The topological polar surface area (TPSA) is 59.4 Å². The normalized spacial score (nSPS) is 19.1. The number of carboxylic acids is 1. The minimum Gasteiger partial charge on any atom is -0.479 e. The molecule has 1 fully saturated rings. The van der Waals surface area contributed by atoms with Crippen molar-refractivity contribution in [3.8, 4) is 0 Å². The number of carboxylic acid groups (broad SMARTS) is 1. The zero-order valence-electron chi connectivity index (χ0n) is 9.22. The Morgan fingerprint density at radius 3 is 2.94 bits per heavy atom.